The summed E-state index contributed by atoms with van der Waals surface area (Å²) in [5.74, 6) is 0.338. The topological polar surface area (TPSA) is 132 Å². The van der Waals surface area contributed by atoms with Gasteiger partial charge in [-0.05, 0) is 57.1 Å². The number of ether oxygens (including phenoxy) is 2. The molecule has 1 amide bonds. The number of aromatic nitrogens is 4. The van der Waals surface area contributed by atoms with Crippen LogP contribution < -0.4 is 14.4 Å². The lowest BCUT2D eigenvalue weighted by atomic mass is 9.92. The van der Waals surface area contributed by atoms with E-state index in [0.717, 1.165) is 0 Å². The molecule has 4 heterocycles. The van der Waals surface area contributed by atoms with Gasteiger partial charge in [0.25, 0.3) is 6.43 Å². The smallest absolute Gasteiger partial charge is 0.296 e. The second-order valence-corrected chi connectivity index (χ2v) is 13.8. The molecule has 2 aromatic heterocycles. The van der Waals surface area contributed by atoms with Crippen molar-refractivity contribution in [1.29, 1.82) is 0 Å². The number of nitrogens with one attached hydrogen (secondary N) is 1. The number of hydrogen-bond acceptors (Lipinski definition) is 9. The van der Waals surface area contributed by atoms with Crippen molar-refractivity contribution in [3.63, 3.8) is 0 Å². The third-order valence-electron chi connectivity index (χ3n) is 8.86. The van der Waals surface area contributed by atoms with Crippen molar-refractivity contribution >= 4 is 32.9 Å². The Labute approximate surface area is 253 Å². The first kappa shape index (κ1) is 29.3. The molecule has 0 unspecified atom stereocenters. The Hall–Kier alpha value is -3.43. The Morgan fingerprint density at radius 2 is 1.70 bits per heavy atom. The van der Waals surface area contributed by atoms with E-state index in [9.17, 15) is 22.0 Å². The minimum Gasteiger partial charge on any atom is -0.474 e. The monoisotopic (exact) mass is 631 g/mol. The van der Waals surface area contributed by atoms with Crippen molar-refractivity contribution in [2.24, 2.45) is 0 Å². The van der Waals surface area contributed by atoms with Gasteiger partial charge in [-0.15, -0.1) is 0 Å². The molecule has 2 aliphatic carbocycles. The van der Waals surface area contributed by atoms with Gasteiger partial charge in [0.2, 0.25) is 27.8 Å². The first-order chi connectivity index (χ1) is 21.3. The Morgan fingerprint density at radius 1 is 0.955 bits per heavy atom. The number of amides is 1. The number of likely N-dealkylation sites (tertiary alicyclic amines) is 1. The van der Waals surface area contributed by atoms with E-state index < -0.39 is 28.3 Å². The highest BCUT2D eigenvalue weighted by Crippen LogP contribution is 2.33. The summed E-state index contributed by atoms with van der Waals surface area (Å²) >= 11 is 0. The van der Waals surface area contributed by atoms with Gasteiger partial charge in [0.1, 0.15) is 18.0 Å². The molecule has 0 bridgehead atoms. The summed E-state index contributed by atoms with van der Waals surface area (Å²) in [4.78, 5) is 30.4. The molecule has 2 saturated heterocycles. The van der Waals surface area contributed by atoms with E-state index in [2.05, 4.69) is 19.7 Å². The van der Waals surface area contributed by atoms with E-state index in [1.54, 1.807) is 30.3 Å². The van der Waals surface area contributed by atoms with Crippen LogP contribution in [0.1, 0.15) is 57.2 Å². The maximum atomic E-state index is 14.2. The van der Waals surface area contributed by atoms with Crippen LogP contribution in [0.5, 0.6) is 5.88 Å². The van der Waals surface area contributed by atoms with Crippen molar-refractivity contribution < 1.29 is 31.5 Å². The number of alkyl halides is 2. The SMILES string of the molecule is O=C1[C@@H](NS(=O)(=O)C2CC2)CCN1C1CCC(Oc2cc(-n3c(C(F)F)nc4ccccc43)nc(N3CCOCC3)n2)CC1. The van der Waals surface area contributed by atoms with Crippen molar-refractivity contribution in [3.8, 4) is 11.7 Å². The fourth-order valence-corrected chi connectivity index (χ4v) is 7.97. The molecule has 0 spiro atoms. The van der Waals surface area contributed by atoms with E-state index in [-0.39, 0.29) is 35.0 Å². The minimum absolute atomic E-state index is 0.00793. The van der Waals surface area contributed by atoms with Crippen molar-refractivity contribution in [2.45, 2.75) is 74.8 Å². The second kappa shape index (κ2) is 11.8. The molecule has 0 radical (unpaired) electrons. The quantitative estimate of drug-likeness (QED) is 0.379. The van der Waals surface area contributed by atoms with Crippen LogP contribution >= 0.6 is 0 Å². The number of carbonyl (C=O) groups excluding carboxylic acids is 1. The average Bonchev–Trinajstić information content (AvgIpc) is 3.74. The lowest BCUT2D eigenvalue weighted by molar-refractivity contribution is -0.131. The lowest BCUT2D eigenvalue weighted by Crippen LogP contribution is -2.46. The molecule has 15 heteroatoms. The molecule has 1 aromatic carbocycles. The third-order valence-corrected chi connectivity index (χ3v) is 10.8. The molecule has 2 aliphatic heterocycles. The molecule has 4 aliphatic rings. The number of halogens is 2. The summed E-state index contributed by atoms with van der Waals surface area (Å²) in [7, 11) is -3.44. The van der Waals surface area contributed by atoms with Crippen LogP contribution in [0.2, 0.25) is 0 Å². The predicted molar refractivity (Wildman–Crippen MR) is 157 cm³/mol. The Morgan fingerprint density at radius 3 is 2.43 bits per heavy atom. The predicted octanol–water partition coefficient (Wildman–Crippen LogP) is 2.96. The Bertz CT molecular complexity index is 1640. The molecular weight excluding hydrogens is 596 g/mol. The zero-order chi connectivity index (χ0) is 30.4. The van der Waals surface area contributed by atoms with Crippen LogP contribution in [0.4, 0.5) is 14.7 Å². The van der Waals surface area contributed by atoms with Crippen molar-refractivity contribution in [3.05, 3.63) is 36.2 Å². The largest absolute Gasteiger partial charge is 0.474 e. The van der Waals surface area contributed by atoms with Crippen LogP contribution in [0, 0.1) is 0 Å². The van der Waals surface area contributed by atoms with Crippen LogP contribution in [0.3, 0.4) is 0 Å². The van der Waals surface area contributed by atoms with Gasteiger partial charge in [-0.25, -0.2) is 26.9 Å². The normalized spacial score (nSPS) is 24.9. The number of rotatable bonds is 9. The fourth-order valence-electron chi connectivity index (χ4n) is 6.40. The molecule has 1 atom stereocenters. The number of imidazole rings is 1. The van der Waals surface area contributed by atoms with Crippen LogP contribution in [-0.4, -0.2) is 95.0 Å². The molecule has 7 rings (SSSR count). The maximum Gasteiger partial charge on any atom is 0.296 e. The maximum absolute atomic E-state index is 14.2. The number of sulfonamides is 1. The number of benzene rings is 1. The number of anilines is 1. The van der Waals surface area contributed by atoms with Crippen LogP contribution in [-0.2, 0) is 19.6 Å². The molecular formula is C29H35F2N7O5S. The van der Waals surface area contributed by atoms with Gasteiger partial charge in [0.15, 0.2) is 5.82 Å². The fraction of sp³-hybridized carbons (Fsp3) is 0.586. The number of carbonyl (C=O) groups is 1. The molecule has 2 saturated carbocycles. The van der Waals surface area contributed by atoms with Crippen LogP contribution in [0.15, 0.2) is 30.3 Å². The Kier molecular flexibility index (Phi) is 7.87. The first-order valence-electron chi connectivity index (χ1n) is 15.2. The highest BCUT2D eigenvalue weighted by molar-refractivity contribution is 7.90. The molecule has 1 N–H and O–H groups in total. The van der Waals surface area contributed by atoms with E-state index in [1.165, 1.54) is 4.57 Å². The van der Waals surface area contributed by atoms with Gasteiger partial charge in [-0.3, -0.25) is 9.36 Å². The second-order valence-electron chi connectivity index (χ2n) is 11.8. The summed E-state index contributed by atoms with van der Waals surface area (Å²) in [6.45, 7) is 2.64. The number of hydrogen-bond donors (Lipinski definition) is 1. The van der Waals surface area contributed by atoms with Gasteiger partial charge in [0, 0.05) is 31.7 Å². The highest BCUT2D eigenvalue weighted by atomic mass is 32.2. The van der Waals surface area contributed by atoms with Gasteiger partial charge in [-0.2, -0.15) is 9.97 Å². The van der Waals surface area contributed by atoms with Crippen molar-refractivity contribution in [2.75, 3.05) is 37.7 Å². The van der Waals surface area contributed by atoms with E-state index in [1.807, 2.05) is 9.80 Å². The minimum atomic E-state index is -3.44. The molecule has 4 fully saturated rings. The molecule has 236 valence electrons. The number of para-hydroxylation sites is 2. The molecule has 44 heavy (non-hydrogen) atoms. The van der Waals surface area contributed by atoms with E-state index >= 15 is 0 Å². The van der Waals surface area contributed by atoms with Gasteiger partial charge >= 0.3 is 0 Å². The third kappa shape index (κ3) is 5.84. The van der Waals surface area contributed by atoms with E-state index in [4.69, 9.17) is 9.47 Å². The average molecular weight is 632 g/mol. The zero-order valence-corrected chi connectivity index (χ0v) is 25.0. The first-order valence-corrected chi connectivity index (χ1v) is 16.8. The highest BCUT2D eigenvalue weighted by Gasteiger charge is 2.43. The van der Waals surface area contributed by atoms with E-state index in [0.29, 0.717) is 94.8 Å². The van der Waals surface area contributed by atoms with Crippen LogP contribution in [0.25, 0.3) is 16.9 Å². The summed E-state index contributed by atoms with van der Waals surface area (Å²) in [6, 6.07) is 7.84. The summed E-state index contributed by atoms with van der Waals surface area (Å²) < 4.78 is 68.9. The number of nitrogens with zero attached hydrogens (tertiary/aromatic N) is 6. The molecule has 3 aromatic rings. The standard InChI is InChI=1S/C29H35F2N7O5S/c30-26(31)27-32-21-3-1-2-4-23(21)38(27)24-17-25(34-29(33-24)36-13-15-42-16-14-36)43-19-7-5-18(6-8-19)37-12-11-22(28(37)39)35-44(40,41)20-9-10-20/h1-4,17-20,22,26,35H,5-16H2/t18?,19?,22-/m0/s1. The summed E-state index contributed by atoms with van der Waals surface area (Å²) in [5.41, 5.74) is 0.947. The summed E-state index contributed by atoms with van der Waals surface area (Å²) in [5, 5.41) is -0.363. The van der Waals surface area contributed by atoms with Gasteiger partial charge in [-0.1, -0.05) is 12.1 Å². The Balaban J connectivity index is 1.08. The summed E-state index contributed by atoms with van der Waals surface area (Å²) in [6.07, 6.45) is 1.49. The number of fused-ring (bicyclic) bond motifs is 1. The van der Waals surface area contributed by atoms with Crippen molar-refractivity contribution in [1.82, 2.24) is 29.1 Å². The van der Waals surface area contributed by atoms with Gasteiger partial charge in [0.05, 0.1) is 29.5 Å². The number of morpholine rings is 1. The van der Waals surface area contributed by atoms with Gasteiger partial charge < -0.3 is 19.3 Å². The zero-order valence-electron chi connectivity index (χ0n) is 24.1. The molecule has 12 nitrogen and oxygen atoms in total. The lowest BCUT2D eigenvalue weighted by Gasteiger charge is -2.35.